The van der Waals surface area contributed by atoms with E-state index < -0.39 is 0 Å². The molecule has 0 radical (unpaired) electrons. The number of nitrogens with zero attached hydrogens (tertiary/aromatic N) is 3. The van der Waals surface area contributed by atoms with E-state index in [-0.39, 0.29) is 11.9 Å². The van der Waals surface area contributed by atoms with Crippen LogP contribution in [0.3, 0.4) is 0 Å². The zero-order valence-electron chi connectivity index (χ0n) is 11.4. The average Bonchev–Trinajstić information content (AvgIpc) is 2.36. The van der Waals surface area contributed by atoms with Gasteiger partial charge >= 0.3 is 0 Å². The molecule has 1 aromatic rings. The molecule has 1 atom stereocenters. The van der Waals surface area contributed by atoms with Gasteiger partial charge in [-0.05, 0) is 19.4 Å². The number of anilines is 2. The fourth-order valence-corrected chi connectivity index (χ4v) is 1.33. The van der Waals surface area contributed by atoms with E-state index in [9.17, 15) is 4.79 Å². The number of carbonyl (C=O) groups excluding carboxylic acids is 1. The minimum Gasteiger partial charge on any atom is -0.358 e. The summed E-state index contributed by atoms with van der Waals surface area (Å²) in [5.41, 5.74) is 0. The molecule has 0 aliphatic carbocycles. The highest BCUT2D eigenvalue weighted by atomic mass is 16.2. The third-order valence-electron chi connectivity index (χ3n) is 2.35. The van der Waals surface area contributed by atoms with Gasteiger partial charge < -0.3 is 15.5 Å². The van der Waals surface area contributed by atoms with Crippen molar-refractivity contribution in [1.29, 1.82) is 0 Å². The van der Waals surface area contributed by atoms with E-state index in [4.69, 9.17) is 0 Å². The number of hydrogen-bond donors (Lipinski definition) is 2. The van der Waals surface area contributed by atoms with Gasteiger partial charge in [0.25, 0.3) is 0 Å². The van der Waals surface area contributed by atoms with Gasteiger partial charge in [-0.15, -0.1) is 0 Å². The summed E-state index contributed by atoms with van der Waals surface area (Å²) in [6, 6.07) is 1.43. The van der Waals surface area contributed by atoms with Crippen LogP contribution in [0.5, 0.6) is 0 Å². The highest BCUT2D eigenvalue weighted by Crippen LogP contribution is 2.08. The van der Waals surface area contributed by atoms with Crippen molar-refractivity contribution in [2.45, 2.75) is 26.3 Å². The lowest BCUT2D eigenvalue weighted by atomic mass is 10.3. The first-order valence-corrected chi connectivity index (χ1v) is 6.09. The summed E-state index contributed by atoms with van der Waals surface area (Å²) in [4.78, 5) is 21.9. The van der Waals surface area contributed by atoms with Gasteiger partial charge in [-0.2, -0.15) is 4.98 Å². The van der Waals surface area contributed by atoms with E-state index in [1.54, 1.807) is 12.3 Å². The summed E-state index contributed by atoms with van der Waals surface area (Å²) in [6.07, 6.45) is 2.60. The topological polar surface area (TPSA) is 70.2 Å². The molecule has 2 N–H and O–H groups in total. The average molecular weight is 251 g/mol. The molecular formula is C12H21N5O. The maximum absolute atomic E-state index is 11.7. The number of aromatic nitrogens is 2. The third kappa shape index (κ3) is 4.20. The highest BCUT2D eigenvalue weighted by Gasteiger charge is 2.12. The van der Waals surface area contributed by atoms with Crippen molar-refractivity contribution >= 4 is 17.7 Å². The van der Waals surface area contributed by atoms with Gasteiger partial charge in [0.15, 0.2) is 0 Å². The molecule has 1 aromatic heterocycles. The summed E-state index contributed by atoms with van der Waals surface area (Å²) >= 11 is 0. The molecule has 1 rings (SSSR count). The molecule has 0 saturated heterocycles. The monoisotopic (exact) mass is 251 g/mol. The van der Waals surface area contributed by atoms with E-state index in [2.05, 4.69) is 20.6 Å². The second-order valence-corrected chi connectivity index (χ2v) is 4.29. The molecule has 1 amide bonds. The van der Waals surface area contributed by atoms with Gasteiger partial charge in [0.1, 0.15) is 11.9 Å². The maximum atomic E-state index is 11.7. The van der Waals surface area contributed by atoms with Crippen molar-refractivity contribution in [3.05, 3.63) is 12.3 Å². The van der Waals surface area contributed by atoms with Gasteiger partial charge in [-0.3, -0.25) is 4.79 Å². The van der Waals surface area contributed by atoms with Crippen molar-refractivity contribution in [3.8, 4) is 0 Å². The molecule has 0 saturated carbocycles. The highest BCUT2D eigenvalue weighted by molar-refractivity contribution is 5.83. The molecule has 0 fully saturated rings. The van der Waals surface area contributed by atoms with Crippen LogP contribution in [-0.4, -0.2) is 42.6 Å². The zero-order valence-corrected chi connectivity index (χ0v) is 11.4. The molecule has 1 heterocycles. The Morgan fingerprint density at radius 3 is 2.83 bits per heavy atom. The van der Waals surface area contributed by atoms with Gasteiger partial charge in [-0.25, -0.2) is 4.98 Å². The normalized spacial score (nSPS) is 11.8. The molecule has 1 unspecified atom stereocenters. The number of carbonyl (C=O) groups is 1. The number of hydrogen-bond acceptors (Lipinski definition) is 5. The van der Waals surface area contributed by atoms with Crippen LogP contribution in [0.4, 0.5) is 11.8 Å². The van der Waals surface area contributed by atoms with Gasteiger partial charge in [0, 0.05) is 26.8 Å². The molecule has 0 bridgehead atoms. The second-order valence-electron chi connectivity index (χ2n) is 4.29. The third-order valence-corrected chi connectivity index (χ3v) is 2.35. The number of rotatable bonds is 6. The lowest BCUT2D eigenvalue weighted by molar-refractivity contribution is -0.121. The Bertz CT molecular complexity index is 394. The number of amides is 1. The Balaban J connectivity index is 2.61. The van der Waals surface area contributed by atoms with Crippen LogP contribution in [0.15, 0.2) is 12.3 Å². The Hall–Kier alpha value is -1.85. The molecule has 18 heavy (non-hydrogen) atoms. The van der Waals surface area contributed by atoms with Crippen molar-refractivity contribution in [1.82, 2.24) is 15.3 Å². The SMILES string of the molecule is CCCNC(=O)C(C)Nc1ccnc(N(C)C)n1. The Kier molecular flexibility index (Phi) is 5.35. The Morgan fingerprint density at radius 2 is 2.22 bits per heavy atom. The van der Waals surface area contributed by atoms with Crippen molar-refractivity contribution in [2.75, 3.05) is 30.9 Å². The minimum absolute atomic E-state index is 0.0261. The maximum Gasteiger partial charge on any atom is 0.242 e. The molecule has 100 valence electrons. The molecule has 0 spiro atoms. The van der Waals surface area contributed by atoms with Crippen molar-refractivity contribution < 1.29 is 4.79 Å². The van der Waals surface area contributed by atoms with Crippen LogP contribution >= 0.6 is 0 Å². The standard InChI is InChI=1S/C12H21N5O/c1-5-7-13-11(18)9(2)15-10-6-8-14-12(16-10)17(3)4/h6,8-9H,5,7H2,1-4H3,(H,13,18)(H,14,15,16). The summed E-state index contributed by atoms with van der Waals surface area (Å²) < 4.78 is 0. The van der Waals surface area contributed by atoms with Gasteiger partial charge in [0.05, 0.1) is 0 Å². The predicted molar refractivity (Wildman–Crippen MR) is 72.7 cm³/mol. The first kappa shape index (κ1) is 14.2. The van der Waals surface area contributed by atoms with E-state index in [0.717, 1.165) is 6.42 Å². The summed E-state index contributed by atoms with van der Waals surface area (Å²) in [5.74, 6) is 1.23. The van der Waals surface area contributed by atoms with E-state index in [1.165, 1.54) is 0 Å². The van der Waals surface area contributed by atoms with E-state index in [0.29, 0.717) is 18.3 Å². The van der Waals surface area contributed by atoms with Crippen LogP contribution in [0.25, 0.3) is 0 Å². The summed E-state index contributed by atoms with van der Waals surface area (Å²) in [5, 5.41) is 5.89. The van der Waals surface area contributed by atoms with Gasteiger partial charge in [0.2, 0.25) is 11.9 Å². The molecule has 0 aromatic carbocycles. The Labute approximate surface area is 108 Å². The van der Waals surface area contributed by atoms with Crippen molar-refractivity contribution in [3.63, 3.8) is 0 Å². The summed E-state index contributed by atoms with van der Waals surface area (Å²) in [7, 11) is 3.74. The molecule has 6 heteroatoms. The first-order valence-electron chi connectivity index (χ1n) is 6.09. The lowest BCUT2D eigenvalue weighted by Crippen LogP contribution is -2.38. The fraction of sp³-hybridized carbons (Fsp3) is 0.583. The zero-order chi connectivity index (χ0) is 13.5. The van der Waals surface area contributed by atoms with E-state index >= 15 is 0 Å². The van der Waals surface area contributed by atoms with Crippen LogP contribution in [-0.2, 0) is 4.79 Å². The summed E-state index contributed by atoms with van der Waals surface area (Å²) in [6.45, 7) is 4.52. The number of nitrogens with one attached hydrogen (secondary N) is 2. The molecular weight excluding hydrogens is 230 g/mol. The van der Waals surface area contributed by atoms with Crippen molar-refractivity contribution in [2.24, 2.45) is 0 Å². The van der Waals surface area contributed by atoms with Gasteiger partial charge in [-0.1, -0.05) is 6.92 Å². The largest absolute Gasteiger partial charge is 0.358 e. The van der Waals surface area contributed by atoms with Crippen LogP contribution in [0.1, 0.15) is 20.3 Å². The van der Waals surface area contributed by atoms with E-state index in [1.807, 2.05) is 32.8 Å². The van der Waals surface area contributed by atoms with Crippen LogP contribution in [0.2, 0.25) is 0 Å². The smallest absolute Gasteiger partial charge is 0.242 e. The first-order chi connectivity index (χ1) is 8.54. The lowest BCUT2D eigenvalue weighted by Gasteiger charge is -2.16. The molecule has 6 nitrogen and oxygen atoms in total. The quantitative estimate of drug-likeness (QED) is 0.785. The minimum atomic E-state index is -0.318. The predicted octanol–water partition coefficient (Wildman–Crippen LogP) is 0.869. The Morgan fingerprint density at radius 1 is 1.50 bits per heavy atom. The molecule has 0 aliphatic rings. The molecule has 0 aliphatic heterocycles. The van der Waals surface area contributed by atoms with Crippen LogP contribution in [0, 0.1) is 0 Å². The second kappa shape index (κ2) is 6.78. The fourth-order valence-electron chi connectivity index (χ4n) is 1.33. The van der Waals surface area contributed by atoms with Crippen LogP contribution < -0.4 is 15.5 Å².